The molecule has 0 aliphatic heterocycles. The molecule has 0 amide bonds. The van der Waals surface area contributed by atoms with E-state index in [9.17, 15) is 18.4 Å². The molecule has 2 rings (SSSR count). The maximum Gasteiger partial charge on any atom is 0.387 e. The summed E-state index contributed by atoms with van der Waals surface area (Å²) >= 11 is 0. The molecule has 0 aromatic carbocycles. The van der Waals surface area contributed by atoms with Crippen LogP contribution >= 0.6 is 0 Å². The SMILES string of the molecule is COC(=O)c1ccc(Cn2cncc(OC(F)F)c2=O)nc1. The van der Waals surface area contributed by atoms with E-state index in [1.54, 1.807) is 0 Å². The van der Waals surface area contributed by atoms with Crippen LogP contribution in [0.3, 0.4) is 0 Å². The van der Waals surface area contributed by atoms with Crippen molar-refractivity contribution in [1.82, 2.24) is 14.5 Å². The molecule has 0 unspecified atom stereocenters. The van der Waals surface area contributed by atoms with Crippen LogP contribution in [-0.4, -0.2) is 34.2 Å². The van der Waals surface area contributed by atoms with E-state index in [1.165, 1.54) is 31.8 Å². The topological polar surface area (TPSA) is 83.3 Å². The molecular formula is C13H11F2N3O4. The van der Waals surface area contributed by atoms with Crippen molar-refractivity contribution < 1.29 is 23.0 Å². The van der Waals surface area contributed by atoms with Crippen LogP contribution in [0, 0.1) is 0 Å². The highest BCUT2D eigenvalue weighted by atomic mass is 19.3. The van der Waals surface area contributed by atoms with Gasteiger partial charge in [-0.15, -0.1) is 0 Å². The number of carbonyl (C=O) groups excluding carboxylic acids is 1. The number of carbonyl (C=O) groups is 1. The van der Waals surface area contributed by atoms with Crippen LogP contribution in [0.5, 0.6) is 5.75 Å². The van der Waals surface area contributed by atoms with E-state index in [0.717, 1.165) is 10.8 Å². The number of aromatic nitrogens is 3. The van der Waals surface area contributed by atoms with Crippen molar-refractivity contribution in [2.45, 2.75) is 13.2 Å². The predicted octanol–water partition coefficient (Wildman–Crippen LogP) is 1.07. The van der Waals surface area contributed by atoms with Crippen LogP contribution in [-0.2, 0) is 11.3 Å². The average Bonchev–Trinajstić information content (AvgIpc) is 2.51. The maximum absolute atomic E-state index is 12.2. The molecule has 0 atom stereocenters. The Bertz CT molecular complexity index is 716. The Kier molecular flexibility index (Phi) is 4.77. The van der Waals surface area contributed by atoms with Crippen LogP contribution in [0.25, 0.3) is 0 Å². The number of hydrogen-bond donors (Lipinski definition) is 0. The fraction of sp³-hybridized carbons (Fsp3) is 0.231. The van der Waals surface area contributed by atoms with Crippen molar-refractivity contribution in [3.8, 4) is 5.75 Å². The first-order valence-corrected chi connectivity index (χ1v) is 6.03. The van der Waals surface area contributed by atoms with Gasteiger partial charge in [0.2, 0.25) is 5.75 Å². The second kappa shape index (κ2) is 6.74. The largest absolute Gasteiger partial charge is 0.465 e. The Balaban J connectivity index is 2.20. The number of ether oxygens (including phenoxy) is 2. The summed E-state index contributed by atoms with van der Waals surface area (Å²) in [7, 11) is 1.25. The first kappa shape index (κ1) is 15.5. The molecular weight excluding hydrogens is 300 g/mol. The first-order valence-electron chi connectivity index (χ1n) is 6.03. The molecule has 116 valence electrons. The second-order valence-electron chi connectivity index (χ2n) is 4.10. The zero-order valence-electron chi connectivity index (χ0n) is 11.4. The van der Waals surface area contributed by atoms with Crippen LogP contribution in [0.4, 0.5) is 8.78 Å². The standard InChI is InChI=1S/C13H11F2N3O4/c1-21-12(20)8-2-3-9(17-4-8)6-18-7-16-5-10(11(18)19)22-13(14)15/h2-5,7,13H,6H2,1H3. The third kappa shape index (κ3) is 3.62. The highest BCUT2D eigenvalue weighted by molar-refractivity contribution is 5.88. The number of pyridine rings is 1. The summed E-state index contributed by atoms with van der Waals surface area (Å²) in [6.45, 7) is -3.11. The van der Waals surface area contributed by atoms with Gasteiger partial charge in [0.05, 0.1) is 37.4 Å². The third-order valence-corrected chi connectivity index (χ3v) is 2.66. The molecule has 0 saturated carbocycles. The number of alkyl halides is 2. The molecule has 0 saturated heterocycles. The minimum Gasteiger partial charge on any atom is -0.465 e. The summed E-state index contributed by atoms with van der Waals surface area (Å²) in [6, 6.07) is 2.99. The van der Waals surface area contributed by atoms with Gasteiger partial charge in [0.1, 0.15) is 0 Å². The Morgan fingerprint density at radius 3 is 2.73 bits per heavy atom. The molecule has 2 aromatic rings. The maximum atomic E-state index is 12.2. The Hall–Kier alpha value is -2.84. The normalized spacial score (nSPS) is 10.5. The van der Waals surface area contributed by atoms with E-state index < -0.39 is 23.9 Å². The third-order valence-electron chi connectivity index (χ3n) is 2.66. The zero-order chi connectivity index (χ0) is 16.1. The molecule has 2 aromatic heterocycles. The molecule has 0 aliphatic carbocycles. The van der Waals surface area contributed by atoms with Crippen molar-refractivity contribution >= 4 is 5.97 Å². The number of rotatable bonds is 5. The number of halogens is 2. The van der Waals surface area contributed by atoms with Gasteiger partial charge in [0.15, 0.2) is 0 Å². The Morgan fingerprint density at radius 2 is 2.14 bits per heavy atom. The molecule has 0 bridgehead atoms. The quantitative estimate of drug-likeness (QED) is 0.768. The summed E-state index contributed by atoms with van der Waals surface area (Å²) < 4.78 is 34.0. The second-order valence-corrected chi connectivity index (χ2v) is 4.10. The van der Waals surface area contributed by atoms with Crippen molar-refractivity contribution in [3.05, 3.63) is 52.5 Å². The van der Waals surface area contributed by atoms with E-state index in [1.807, 2.05) is 0 Å². The van der Waals surface area contributed by atoms with Gasteiger partial charge in [0.25, 0.3) is 5.56 Å². The molecule has 0 N–H and O–H groups in total. The first-order chi connectivity index (χ1) is 10.5. The number of methoxy groups -OCH3 is 1. The van der Waals surface area contributed by atoms with E-state index in [2.05, 4.69) is 19.4 Å². The number of nitrogens with zero attached hydrogens (tertiary/aromatic N) is 3. The Labute approximate surface area is 123 Å². The van der Waals surface area contributed by atoms with Gasteiger partial charge in [-0.2, -0.15) is 8.78 Å². The molecule has 0 fully saturated rings. The van der Waals surface area contributed by atoms with Crippen molar-refractivity contribution in [2.75, 3.05) is 7.11 Å². The summed E-state index contributed by atoms with van der Waals surface area (Å²) in [4.78, 5) is 30.8. The highest BCUT2D eigenvalue weighted by Gasteiger charge is 2.12. The summed E-state index contributed by atoms with van der Waals surface area (Å²) in [5.74, 6) is -1.09. The van der Waals surface area contributed by atoms with Gasteiger partial charge in [-0.05, 0) is 12.1 Å². The van der Waals surface area contributed by atoms with Crippen molar-refractivity contribution in [1.29, 1.82) is 0 Å². The monoisotopic (exact) mass is 311 g/mol. The van der Waals surface area contributed by atoms with E-state index in [-0.39, 0.29) is 12.1 Å². The summed E-state index contributed by atoms with van der Waals surface area (Å²) in [5.41, 5.74) is -0.0635. The van der Waals surface area contributed by atoms with Gasteiger partial charge < -0.3 is 9.47 Å². The average molecular weight is 311 g/mol. The highest BCUT2D eigenvalue weighted by Crippen LogP contribution is 2.07. The number of hydrogen-bond acceptors (Lipinski definition) is 6. The number of esters is 1. The molecule has 7 nitrogen and oxygen atoms in total. The van der Waals surface area contributed by atoms with E-state index in [0.29, 0.717) is 5.69 Å². The molecule has 0 radical (unpaired) electrons. The molecule has 2 heterocycles. The van der Waals surface area contributed by atoms with Crippen LogP contribution in [0.2, 0.25) is 0 Å². The van der Waals surface area contributed by atoms with Crippen molar-refractivity contribution in [3.63, 3.8) is 0 Å². The molecule has 9 heteroatoms. The van der Waals surface area contributed by atoms with Gasteiger partial charge in [-0.3, -0.25) is 14.3 Å². The Morgan fingerprint density at radius 1 is 1.36 bits per heavy atom. The minimum absolute atomic E-state index is 0.00623. The van der Waals surface area contributed by atoms with Crippen LogP contribution in [0.15, 0.2) is 35.6 Å². The van der Waals surface area contributed by atoms with Crippen molar-refractivity contribution in [2.24, 2.45) is 0 Å². The lowest BCUT2D eigenvalue weighted by molar-refractivity contribution is -0.0513. The van der Waals surface area contributed by atoms with Gasteiger partial charge in [-0.1, -0.05) is 0 Å². The lowest BCUT2D eigenvalue weighted by Crippen LogP contribution is -2.24. The molecule has 0 spiro atoms. The fourth-order valence-corrected chi connectivity index (χ4v) is 1.65. The van der Waals surface area contributed by atoms with Crippen LogP contribution in [0.1, 0.15) is 16.1 Å². The molecule has 22 heavy (non-hydrogen) atoms. The minimum atomic E-state index is -3.11. The lowest BCUT2D eigenvalue weighted by atomic mass is 10.2. The van der Waals surface area contributed by atoms with Crippen LogP contribution < -0.4 is 10.3 Å². The van der Waals surface area contributed by atoms with E-state index >= 15 is 0 Å². The van der Waals surface area contributed by atoms with Gasteiger partial charge >= 0.3 is 12.6 Å². The predicted molar refractivity (Wildman–Crippen MR) is 69.8 cm³/mol. The smallest absolute Gasteiger partial charge is 0.387 e. The van der Waals surface area contributed by atoms with Gasteiger partial charge in [-0.25, -0.2) is 9.78 Å². The summed E-state index contributed by atoms with van der Waals surface area (Å²) in [5, 5.41) is 0. The lowest BCUT2D eigenvalue weighted by Gasteiger charge is -2.08. The fourth-order valence-electron chi connectivity index (χ4n) is 1.65. The zero-order valence-corrected chi connectivity index (χ0v) is 11.4. The molecule has 0 aliphatic rings. The summed E-state index contributed by atoms with van der Waals surface area (Å²) in [6.07, 6.45) is 3.38. The van der Waals surface area contributed by atoms with Gasteiger partial charge in [0, 0.05) is 6.20 Å². The van der Waals surface area contributed by atoms with E-state index in [4.69, 9.17) is 0 Å².